The first-order valence-corrected chi connectivity index (χ1v) is 6.38. The van der Waals surface area contributed by atoms with Gasteiger partial charge < -0.3 is 0 Å². The van der Waals surface area contributed by atoms with E-state index in [-0.39, 0.29) is 7.05 Å². The molecule has 5 nitrogen and oxygen atoms in total. The number of halogens is 4. The maximum absolute atomic E-state index is 12.7. The summed E-state index contributed by atoms with van der Waals surface area (Å²) >= 11 is 0. The summed E-state index contributed by atoms with van der Waals surface area (Å²) in [6.07, 6.45) is 0. The van der Waals surface area contributed by atoms with Crippen LogP contribution < -0.4 is 0 Å². The minimum atomic E-state index is -5.89. The molecule has 1 rings (SSSR count). The van der Waals surface area contributed by atoms with Crippen molar-refractivity contribution >= 4 is 20.0 Å². The molecule has 0 N–H and O–H groups in total. The van der Waals surface area contributed by atoms with Crippen LogP contribution in [0.25, 0.3) is 0 Å². The van der Waals surface area contributed by atoms with Crippen LogP contribution in [0, 0.1) is 0 Å². The van der Waals surface area contributed by atoms with Gasteiger partial charge in [-0.25, -0.2) is 16.8 Å². The maximum atomic E-state index is 12.7. The van der Waals surface area contributed by atoms with E-state index in [0.717, 1.165) is 0 Å². The lowest BCUT2D eigenvalue weighted by Crippen LogP contribution is -2.62. The second kappa shape index (κ2) is 2.83. The minimum absolute atomic E-state index is 0.286. The smallest absolute Gasteiger partial charge is 0.211 e. The molecule has 1 aliphatic heterocycles. The summed E-state index contributed by atoms with van der Waals surface area (Å²) in [5.41, 5.74) is 0. The molecule has 0 atom stereocenters. The van der Waals surface area contributed by atoms with E-state index in [9.17, 15) is 34.4 Å². The highest BCUT2D eigenvalue weighted by molar-refractivity contribution is 8.05. The van der Waals surface area contributed by atoms with Gasteiger partial charge >= 0.3 is 11.2 Å². The number of hydrogen-bond acceptors (Lipinski definition) is 4. The Morgan fingerprint density at radius 3 is 1.87 bits per heavy atom. The Labute approximate surface area is 82.8 Å². The predicted octanol–water partition coefficient (Wildman–Crippen LogP) is -0.180. The summed E-state index contributed by atoms with van der Waals surface area (Å²) in [6.45, 7) is 0. The molecule has 0 aliphatic carbocycles. The summed E-state index contributed by atoms with van der Waals surface area (Å²) in [5.74, 6) is -7.36. The molecule has 0 aromatic rings. The molecule has 0 aromatic carbocycles. The summed E-state index contributed by atoms with van der Waals surface area (Å²) in [5, 5.41) is -5.42. The van der Waals surface area contributed by atoms with E-state index in [1.165, 1.54) is 0 Å². The summed E-state index contributed by atoms with van der Waals surface area (Å²) in [4.78, 5) is 0. The highest BCUT2D eigenvalue weighted by Gasteiger charge is 2.73. The van der Waals surface area contributed by atoms with Crippen LogP contribution in [0.2, 0.25) is 0 Å². The summed E-state index contributed by atoms with van der Waals surface area (Å²) in [6, 6.07) is 0. The Morgan fingerprint density at radius 1 is 1.07 bits per heavy atom. The van der Waals surface area contributed by atoms with E-state index < -0.39 is 40.7 Å². The molecule has 1 aliphatic rings. The maximum Gasteiger partial charge on any atom is 0.422 e. The van der Waals surface area contributed by atoms with Gasteiger partial charge in [0.25, 0.3) is 10.0 Å². The Hall–Kier alpha value is -0.420. The number of nitrogens with zero attached hydrogens (tertiary/aromatic N) is 1. The van der Waals surface area contributed by atoms with E-state index in [0.29, 0.717) is 0 Å². The van der Waals surface area contributed by atoms with Gasteiger partial charge in [-0.15, -0.1) is 0 Å². The Balaban J connectivity index is 3.55. The highest BCUT2D eigenvalue weighted by Crippen LogP contribution is 2.45. The number of alkyl halides is 4. The van der Waals surface area contributed by atoms with Crippen LogP contribution in [0.3, 0.4) is 0 Å². The molecule has 0 bridgehead atoms. The molecule has 1 saturated heterocycles. The molecule has 0 amide bonds. The van der Waals surface area contributed by atoms with Crippen molar-refractivity contribution in [2.75, 3.05) is 12.8 Å². The fraction of sp³-hybridized carbons (Fsp3) is 1.00. The van der Waals surface area contributed by atoms with E-state index in [2.05, 4.69) is 0 Å². The third-order valence-corrected chi connectivity index (χ3v) is 6.25. The molecule has 11 heteroatoms. The van der Waals surface area contributed by atoms with Crippen molar-refractivity contribution in [3.63, 3.8) is 0 Å². The van der Waals surface area contributed by atoms with Gasteiger partial charge in [0.1, 0.15) is 5.75 Å². The van der Waals surface area contributed by atoms with E-state index in [4.69, 9.17) is 0 Å². The molecule has 0 spiro atoms. The second-order valence-corrected chi connectivity index (χ2v) is 7.10. The van der Waals surface area contributed by atoms with Crippen molar-refractivity contribution in [3.8, 4) is 0 Å². The zero-order valence-corrected chi connectivity index (χ0v) is 8.75. The van der Waals surface area contributed by atoms with Gasteiger partial charge in [0.05, 0.1) is 0 Å². The fourth-order valence-corrected chi connectivity index (χ4v) is 4.22. The Morgan fingerprint density at radius 2 is 1.47 bits per heavy atom. The van der Waals surface area contributed by atoms with Crippen LogP contribution >= 0.6 is 0 Å². The first kappa shape index (κ1) is 12.6. The van der Waals surface area contributed by atoms with Crippen LogP contribution in [0.4, 0.5) is 17.6 Å². The summed E-state index contributed by atoms with van der Waals surface area (Å²) < 4.78 is 93.2. The van der Waals surface area contributed by atoms with Crippen LogP contribution in [0.5, 0.6) is 0 Å². The van der Waals surface area contributed by atoms with E-state index >= 15 is 0 Å². The van der Waals surface area contributed by atoms with Crippen molar-refractivity contribution in [1.29, 1.82) is 0 Å². The van der Waals surface area contributed by atoms with Gasteiger partial charge in [-0.3, -0.25) is 0 Å². The minimum Gasteiger partial charge on any atom is -0.211 e. The molecule has 0 saturated carbocycles. The number of hydrogen-bond donors (Lipinski definition) is 0. The molecule has 15 heavy (non-hydrogen) atoms. The molecular weight excluding hydrogens is 266 g/mol. The van der Waals surface area contributed by atoms with Gasteiger partial charge in [-0.05, 0) is 0 Å². The average Bonchev–Trinajstić information content (AvgIpc) is 1.98. The third-order valence-electron chi connectivity index (χ3n) is 1.84. The molecule has 1 heterocycles. The predicted molar refractivity (Wildman–Crippen MR) is 40.4 cm³/mol. The van der Waals surface area contributed by atoms with Crippen LogP contribution in [0.15, 0.2) is 0 Å². The van der Waals surface area contributed by atoms with Gasteiger partial charge in [0.15, 0.2) is 0 Å². The molecule has 0 unspecified atom stereocenters. The first-order chi connectivity index (χ1) is 6.36. The Bertz CT molecular complexity index is 481. The van der Waals surface area contributed by atoms with Crippen LogP contribution in [-0.4, -0.2) is 44.5 Å². The van der Waals surface area contributed by atoms with Gasteiger partial charge in [-0.1, -0.05) is 3.71 Å². The standard InChI is InChI=1S/C4H5F4NO4S2/c1-9-14(10,11)2-3(5,6)4(7,8)15(9,12)13/h2H2,1H3. The quantitative estimate of drug-likeness (QED) is 0.573. The first-order valence-electron chi connectivity index (χ1n) is 3.33. The lowest BCUT2D eigenvalue weighted by molar-refractivity contribution is -0.145. The monoisotopic (exact) mass is 271 g/mol. The van der Waals surface area contributed by atoms with E-state index in [1.807, 2.05) is 0 Å². The lowest BCUT2D eigenvalue weighted by Gasteiger charge is -2.34. The van der Waals surface area contributed by atoms with Crippen LogP contribution in [0.1, 0.15) is 0 Å². The third kappa shape index (κ3) is 1.44. The lowest BCUT2D eigenvalue weighted by atomic mass is 10.4. The van der Waals surface area contributed by atoms with Crippen molar-refractivity contribution in [3.05, 3.63) is 0 Å². The van der Waals surface area contributed by atoms with Crippen molar-refractivity contribution < 1.29 is 34.4 Å². The van der Waals surface area contributed by atoms with Gasteiger partial charge in [0.2, 0.25) is 10.0 Å². The Kier molecular flexibility index (Phi) is 2.38. The molecular formula is C4H5F4NO4S2. The molecule has 1 fully saturated rings. The van der Waals surface area contributed by atoms with Crippen LogP contribution in [-0.2, 0) is 20.0 Å². The molecule has 0 radical (unpaired) electrons. The number of sulfonamides is 2. The van der Waals surface area contributed by atoms with E-state index in [1.54, 1.807) is 0 Å². The zero-order chi connectivity index (χ0) is 12.3. The van der Waals surface area contributed by atoms with Crippen molar-refractivity contribution in [1.82, 2.24) is 3.71 Å². The zero-order valence-electron chi connectivity index (χ0n) is 7.12. The topological polar surface area (TPSA) is 71.5 Å². The van der Waals surface area contributed by atoms with Gasteiger partial charge in [0, 0.05) is 7.05 Å². The average molecular weight is 271 g/mol. The number of rotatable bonds is 0. The summed E-state index contributed by atoms with van der Waals surface area (Å²) in [7, 11) is -10.5. The van der Waals surface area contributed by atoms with Gasteiger partial charge in [-0.2, -0.15) is 17.6 Å². The van der Waals surface area contributed by atoms with Crippen molar-refractivity contribution in [2.45, 2.75) is 11.2 Å². The SMILES string of the molecule is CN1S(=O)(=O)CC(F)(F)C(F)(F)S1(=O)=O. The molecule has 0 aromatic heterocycles. The molecule has 90 valence electrons. The fourth-order valence-electron chi connectivity index (χ4n) is 0.904. The normalized spacial score (nSPS) is 32.3. The largest absolute Gasteiger partial charge is 0.422 e. The highest BCUT2D eigenvalue weighted by atomic mass is 32.3. The second-order valence-electron chi connectivity index (χ2n) is 2.86. The van der Waals surface area contributed by atoms with Crippen molar-refractivity contribution in [2.24, 2.45) is 0 Å².